The van der Waals surface area contributed by atoms with Gasteiger partial charge in [0.1, 0.15) is 0 Å². The molecule has 0 unspecified atom stereocenters. The average Bonchev–Trinajstić information content (AvgIpc) is 2.76. The molecule has 1 aromatic carbocycles. The van der Waals surface area contributed by atoms with Gasteiger partial charge in [0.2, 0.25) is 5.95 Å². The Labute approximate surface area is 91.8 Å². The van der Waals surface area contributed by atoms with E-state index in [9.17, 15) is 4.39 Å². The van der Waals surface area contributed by atoms with Crippen LogP contribution in [0.1, 0.15) is 0 Å². The number of hydrogen-bond acceptors (Lipinski definition) is 1. The molecule has 0 saturated heterocycles. The highest BCUT2D eigenvalue weighted by Gasteiger charge is 2.05. The molecule has 1 N–H and O–H groups in total. The maximum Gasteiger partial charge on any atom is 0.220 e. The third-order valence-electron chi connectivity index (χ3n) is 2.56. The lowest BCUT2D eigenvalue weighted by Gasteiger charge is -2.02. The first-order chi connectivity index (χ1) is 7.84. The summed E-state index contributed by atoms with van der Waals surface area (Å²) in [4.78, 5) is 6.62. The van der Waals surface area contributed by atoms with Crippen molar-refractivity contribution in [1.29, 1.82) is 0 Å². The van der Waals surface area contributed by atoms with Gasteiger partial charge in [0.05, 0.1) is 6.20 Å². The van der Waals surface area contributed by atoms with Gasteiger partial charge in [0.15, 0.2) is 0 Å². The number of fused-ring (bicyclic) bond motifs is 1. The molecule has 2 nitrogen and oxygen atoms in total. The van der Waals surface area contributed by atoms with Crippen molar-refractivity contribution in [3.05, 3.63) is 54.7 Å². The standard InChI is InChI=1S/C13H8FN2/c14-13-11(2-1-6-16-13)10-4-3-9-5-7-15-12(9)8-10/h1-6,8,15H. The zero-order chi connectivity index (χ0) is 11.0. The van der Waals surface area contributed by atoms with E-state index in [1.54, 1.807) is 12.1 Å². The van der Waals surface area contributed by atoms with Gasteiger partial charge < -0.3 is 4.98 Å². The van der Waals surface area contributed by atoms with Gasteiger partial charge in [-0.2, -0.15) is 4.39 Å². The topological polar surface area (TPSA) is 28.7 Å². The van der Waals surface area contributed by atoms with Crippen molar-refractivity contribution in [1.82, 2.24) is 9.97 Å². The van der Waals surface area contributed by atoms with Gasteiger partial charge in [0.25, 0.3) is 0 Å². The Balaban J connectivity index is 2.22. The maximum atomic E-state index is 13.5. The Morgan fingerprint density at radius 3 is 3.06 bits per heavy atom. The number of nitrogens with one attached hydrogen (secondary N) is 1. The molecule has 0 spiro atoms. The quantitative estimate of drug-likeness (QED) is 0.615. The van der Waals surface area contributed by atoms with Gasteiger partial charge in [-0.3, -0.25) is 0 Å². The highest BCUT2D eigenvalue weighted by Crippen LogP contribution is 2.24. The molecule has 2 heterocycles. The minimum atomic E-state index is -0.447. The molecule has 0 aliphatic rings. The van der Waals surface area contributed by atoms with Gasteiger partial charge in [-0.25, -0.2) is 4.98 Å². The number of hydrogen-bond donors (Lipinski definition) is 1. The summed E-state index contributed by atoms with van der Waals surface area (Å²) < 4.78 is 13.5. The van der Waals surface area contributed by atoms with Crippen LogP contribution >= 0.6 is 0 Å². The van der Waals surface area contributed by atoms with E-state index in [0.29, 0.717) is 5.56 Å². The van der Waals surface area contributed by atoms with Gasteiger partial charge in [-0.15, -0.1) is 0 Å². The largest absolute Gasteiger partial charge is 0.353 e. The van der Waals surface area contributed by atoms with Gasteiger partial charge in [-0.05, 0) is 29.8 Å². The molecule has 2 aromatic heterocycles. The first kappa shape index (κ1) is 9.09. The predicted molar refractivity (Wildman–Crippen MR) is 60.3 cm³/mol. The van der Waals surface area contributed by atoms with Crippen LogP contribution in [0.5, 0.6) is 0 Å². The molecule has 1 radical (unpaired) electrons. The molecule has 3 heteroatoms. The number of aromatic amines is 1. The second-order valence-electron chi connectivity index (χ2n) is 3.56. The van der Waals surface area contributed by atoms with Crippen LogP contribution in [0, 0.1) is 12.1 Å². The average molecular weight is 211 g/mol. The van der Waals surface area contributed by atoms with Crippen molar-refractivity contribution in [3.63, 3.8) is 0 Å². The van der Waals surface area contributed by atoms with Crippen LogP contribution < -0.4 is 0 Å². The maximum absolute atomic E-state index is 13.5. The molecule has 0 atom stereocenters. The van der Waals surface area contributed by atoms with E-state index < -0.39 is 5.95 Å². The van der Waals surface area contributed by atoms with Crippen molar-refractivity contribution in [2.45, 2.75) is 0 Å². The second kappa shape index (κ2) is 3.45. The molecule has 3 aromatic rings. The smallest absolute Gasteiger partial charge is 0.220 e. The summed E-state index contributed by atoms with van der Waals surface area (Å²) in [5, 5.41) is 1.06. The minimum absolute atomic E-state index is 0.447. The number of halogens is 1. The van der Waals surface area contributed by atoms with Gasteiger partial charge in [-0.1, -0.05) is 12.1 Å². The third kappa shape index (κ3) is 1.37. The summed E-state index contributed by atoms with van der Waals surface area (Å²) in [5.41, 5.74) is 2.27. The van der Waals surface area contributed by atoms with Crippen LogP contribution in [0.3, 0.4) is 0 Å². The van der Waals surface area contributed by atoms with Crippen LogP contribution in [0.4, 0.5) is 4.39 Å². The van der Waals surface area contributed by atoms with E-state index in [-0.39, 0.29) is 0 Å². The van der Waals surface area contributed by atoms with Crippen LogP contribution in [0.2, 0.25) is 0 Å². The summed E-state index contributed by atoms with van der Waals surface area (Å²) in [6.45, 7) is 0. The Kier molecular flexibility index (Phi) is 1.96. The molecule has 0 aliphatic heterocycles. The lowest BCUT2D eigenvalue weighted by molar-refractivity contribution is 0.587. The first-order valence-electron chi connectivity index (χ1n) is 4.94. The molecule has 0 fully saturated rings. The summed E-state index contributed by atoms with van der Waals surface area (Å²) in [6, 6.07) is 11.0. The number of pyridine rings is 1. The molecule has 0 aliphatic carbocycles. The first-order valence-corrected chi connectivity index (χ1v) is 4.94. The van der Waals surface area contributed by atoms with E-state index in [4.69, 9.17) is 0 Å². The lowest BCUT2D eigenvalue weighted by Crippen LogP contribution is -1.87. The zero-order valence-electron chi connectivity index (χ0n) is 8.37. The molecule has 0 amide bonds. The number of benzene rings is 1. The van der Waals surface area contributed by atoms with Crippen molar-refractivity contribution in [3.8, 4) is 11.1 Å². The Morgan fingerprint density at radius 1 is 1.25 bits per heavy atom. The van der Waals surface area contributed by atoms with Crippen molar-refractivity contribution in [2.24, 2.45) is 0 Å². The fourth-order valence-electron chi connectivity index (χ4n) is 1.75. The molecule has 16 heavy (non-hydrogen) atoms. The minimum Gasteiger partial charge on any atom is -0.353 e. The number of H-pyrrole nitrogens is 1. The summed E-state index contributed by atoms with van der Waals surface area (Å²) in [6.07, 6.45) is 4.34. The number of aromatic nitrogens is 2. The van der Waals surface area contributed by atoms with E-state index in [2.05, 4.69) is 16.2 Å². The third-order valence-corrected chi connectivity index (χ3v) is 2.56. The number of rotatable bonds is 1. The fourth-order valence-corrected chi connectivity index (χ4v) is 1.75. The predicted octanol–water partition coefficient (Wildman–Crippen LogP) is 3.17. The van der Waals surface area contributed by atoms with Crippen molar-refractivity contribution < 1.29 is 4.39 Å². The van der Waals surface area contributed by atoms with E-state index in [0.717, 1.165) is 16.5 Å². The SMILES string of the molecule is Fc1ncccc1-c1ccc2c[c][nH]c2c1. The highest BCUT2D eigenvalue weighted by molar-refractivity contribution is 5.84. The van der Waals surface area contributed by atoms with Crippen LogP contribution in [0.15, 0.2) is 42.6 Å². The monoisotopic (exact) mass is 211 g/mol. The van der Waals surface area contributed by atoms with Crippen LogP contribution in [-0.4, -0.2) is 9.97 Å². The normalized spacial score (nSPS) is 10.8. The molecular weight excluding hydrogens is 203 g/mol. The van der Waals surface area contributed by atoms with E-state index in [1.165, 1.54) is 6.20 Å². The molecular formula is C13H8FN2. The highest BCUT2D eigenvalue weighted by atomic mass is 19.1. The Bertz CT molecular complexity index is 643. The summed E-state index contributed by atoms with van der Waals surface area (Å²) in [7, 11) is 0. The van der Waals surface area contributed by atoms with Crippen molar-refractivity contribution in [2.75, 3.05) is 0 Å². The van der Waals surface area contributed by atoms with Crippen LogP contribution in [0.25, 0.3) is 22.0 Å². The zero-order valence-corrected chi connectivity index (χ0v) is 8.37. The molecule has 0 bridgehead atoms. The lowest BCUT2D eigenvalue weighted by atomic mass is 10.1. The second-order valence-corrected chi connectivity index (χ2v) is 3.56. The van der Waals surface area contributed by atoms with Crippen molar-refractivity contribution >= 4 is 10.9 Å². The molecule has 3 rings (SSSR count). The summed E-state index contributed by atoms with van der Waals surface area (Å²) >= 11 is 0. The van der Waals surface area contributed by atoms with E-state index in [1.807, 2.05) is 24.3 Å². The molecule has 0 saturated carbocycles. The Morgan fingerprint density at radius 2 is 2.19 bits per heavy atom. The fraction of sp³-hybridized carbons (Fsp3) is 0. The number of nitrogens with zero attached hydrogens (tertiary/aromatic N) is 1. The summed E-state index contributed by atoms with van der Waals surface area (Å²) in [5.74, 6) is -0.447. The van der Waals surface area contributed by atoms with Gasteiger partial charge in [0, 0.05) is 22.7 Å². The van der Waals surface area contributed by atoms with Gasteiger partial charge >= 0.3 is 0 Å². The van der Waals surface area contributed by atoms with E-state index >= 15 is 0 Å². The molecule has 77 valence electrons. The Hall–Kier alpha value is -2.16. The van der Waals surface area contributed by atoms with Crippen LogP contribution in [-0.2, 0) is 0 Å².